The van der Waals surface area contributed by atoms with E-state index in [1.165, 1.54) is 30.6 Å². The Labute approximate surface area is 196 Å². The number of benzene rings is 1. The first-order chi connectivity index (χ1) is 15.5. The number of ether oxygens (including phenoxy) is 2. The van der Waals surface area contributed by atoms with Gasteiger partial charge < -0.3 is 19.9 Å². The molecule has 0 amide bonds. The lowest BCUT2D eigenvalue weighted by atomic mass is 9.95. The van der Waals surface area contributed by atoms with E-state index >= 15 is 0 Å². The van der Waals surface area contributed by atoms with E-state index in [2.05, 4.69) is 31.1 Å². The van der Waals surface area contributed by atoms with Gasteiger partial charge in [-0.3, -0.25) is 9.89 Å². The number of nitrogens with zero attached hydrogens (tertiary/aromatic N) is 3. The van der Waals surface area contributed by atoms with Crippen LogP contribution in [0.15, 0.2) is 50.5 Å². The van der Waals surface area contributed by atoms with Crippen LogP contribution >= 0.6 is 27.3 Å². The van der Waals surface area contributed by atoms with Crippen molar-refractivity contribution in [3.8, 4) is 0 Å². The van der Waals surface area contributed by atoms with Gasteiger partial charge in [0.1, 0.15) is 11.9 Å². The number of nitrogens with one attached hydrogen (secondary N) is 1. The molecule has 2 aromatic rings. The number of rotatable bonds is 6. The number of hydrogen-bond acceptors (Lipinski definition) is 9. The third-order valence-corrected chi connectivity index (χ3v) is 6.81. The Morgan fingerprint density at radius 3 is 3.03 bits per heavy atom. The average molecular weight is 525 g/mol. The number of aromatic nitrogens is 1. The van der Waals surface area contributed by atoms with Crippen molar-refractivity contribution in [1.29, 1.82) is 0 Å². The molecule has 2 aliphatic heterocycles. The van der Waals surface area contributed by atoms with Crippen molar-refractivity contribution in [2.24, 2.45) is 4.99 Å². The normalized spacial score (nSPS) is 21.8. The van der Waals surface area contributed by atoms with E-state index in [4.69, 9.17) is 14.5 Å². The second-order valence-corrected chi connectivity index (χ2v) is 9.02. The van der Waals surface area contributed by atoms with Gasteiger partial charge in [-0.15, -0.1) is 11.3 Å². The first-order valence-electron chi connectivity index (χ1n) is 9.95. The lowest BCUT2D eigenvalue weighted by Crippen LogP contribution is -2.50. The molecule has 4 rings (SSSR count). The van der Waals surface area contributed by atoms with Crippen LogP contribution in [-0.4, -0.2) is 72.9 Å². The molecule has 1 fully saturated rings. The van der Waals surface area contributed by atoms with Crippen molar-refractivity contribution >= 4 is 39.1 Å². The van der Waals surface area contributed by atoms with E-state index in [0.29, 0.717) is 58.5 Å². The van der Waals surface area contributed by atoms with Gasteiger partial charge in [-0.2, -0.15) is 0 Å². The number of carbonyl (C=O) groups excluding carboxylic acids is 1. The zero-order valence-corrected chi connectivity index (χ0v) is 19.7. The highest BCUT2D eigenvalue weighted by molar-refractivity contribution is 9.10. The number of esters is 1. The molecule has 2 N–H and O–H groups in total. The predicted molar refractivity (Wildman–Crippen MR) is 121 cm³/mol. The van der Waals surface area contributed by atoms with Gasteiger partial charge in [0.25, 0.3) is 0 Å². The summed E-state index contributed by atoms with van der Waals surface area (Å²) in [5.41, 5.74) is 1.54. The molecule has 11 heteroatoms. The van der Waals surface area contributed by atoms with Gasteiger partial charge in [-0.1, -0.05) is 22.0 Å². The fourth-order valence-corrected chi connectivity index (χ4v) is 4.89. The molecule has 3 heterocycles. The molecular formula is C21H22BrFN4O4S. The van der Waals surface area contributed by atoms with Crippen molar-refractivity contribution in [1.82, 2.24) is 15.2 Å². The minimum atomic E-state index is -0.735. The van der Waals surface area contributed by atoms with Crippen LogP contribution in [0.4, 0.5) is 4.39 Å². The van der Waals surface area contributed by atoms with Crippen LogP contribution in [0.25, 0.3) is 0 Å². The number of amidine groups is 1. The molecular weight excluding hydrogens is 503 g/mol. The number of aliphatic hydroxyl groups excluding tert-OH is 1. The van der Waals surface area contributed by atoms with E-state index in [9.17, 15) is 14.3 Å². The number of carbonyl (C=O) groups is 1. The molecule has 0 bridgehead atoms. The smallest absolute Gasteiger partial charge is 0.338 e. The highest BCUT2D eigenvalue weighted by atomic mass is 79.9. The number of methoxy groups -OCH3 is 1. The van der Waals surface area contributed by atoms with Crippen LogP contribution in [0.1, 0.15) is 16.6 Å². The van der Waals surface area contributed by atoms with Crippen molar-refractivity contribution < 1.29 is 23.8 Å². The van der Waals surface area contributed by atoms with E-state index < -0.39 is 17.8 Å². The maximum absolute atomic E-state index is 13.8. The Bertz CT molecular complexity index is 1050. The summed E-state index contributed by atoms with van der Waals surface area (Å²) in [5, 5.41) is 15.6. The maximum atomic E-state index is 13.8. The minimum Gasteiger partial charge on any atom is -0.466 e. The van der Waals surface area contributed by atoms with Gasteiger partial charge in [0.05, 0.1) is 38.5 Å². The van der Waals surface area contributed by atoms with Gasteiger partial charge >= 0.3 is 5.97 Å². The Morgan fingerprint density at radius 1 is 1.50 bits per heavy atom. The summed E-state index contributed by atoms with van der Waals surface area (Å²) < 4.78 is 24.8. The Balaban J connectivity index is 1.82. The fraction of sp³-hybridized carbons (Fsp3) is 0.381. The molecule has 0 radical (unpaired) electrons. The molecule has 170 valence electrons. The van der Waals surface area contributed by atoms with Gasteiger partial charge in [-0.25, -0.2) is 14.2 Å². The van der Waals surface area contributed by atoms with E-state index in [1.807, 2.05) is 5.38 Å². The number of hydrogen-bond donors (Lipinski definition) is 2. The molecule has 1 aromatic heterocycles. The number of aliphatic imine (C=N–C) groups is 1. The largest absolute Gasteiger partial charge is 0.466 e. The van der Waals surface area contributed by atoms with Crippen molar-refractivity contribution in [3.63, 3.8) is 0 Å². The van der Waals surface area contributed by atoms with Crippen molar-refractivity contribution in [3.05, 3.63) is 61.9 Å². The molecule has 2 unspecified atom stereocenters. The lowest BCUT2D eigenvalue weighted by Gasteiger charge is -2.37. The van der Waals surface area contributed by atoms with E-state index in [-0.39, 0.29) is 12.6 Å². The molecule has 2 aliphatic rings. The SMILES string of the molecule is COC(=O)C1=C(CN2CCOCC2CO)NC(c2nccs2)=NC1c1ccc(F)cc1Br. The summed E-state index contributed by atoms with van der Waals surface area (Å²) >= 11 is 4.83. The van der Waals surface area contributed by atoms with Crippen LogP contribution < -0.4 is 5.32 Å². The molecule has 8 nitrogen and oxygen atoms in total. The predicted octanol–water partition coefficient (Wildman–Crippen LogP) is 2.26. The molecule has 32 heavy (non-hydrogen) atoms. The monoisotopic (exact) mass is 524 g/mol. The minimum absolute atomic E-state index is 0.0683. The highest BCUT2D eigenvalue weighted by Gasteiger charge is 2.35. The van der Waals surface area contributed by atoms with E-state index in [1.54, 1.807) is 12.3 Å². The van der Waals surface area contributed by atoms with Crippen LogP contribution in [0.3, 0.4) is 0 Å². The summed E-state index contributed by atoms with van der Waals surface area (Å²) in [6.45, 7) is 1.80. The standard InChI is InChI=1S/C21H22BrFN4O4S/c1-30-21(29)17-16(9-27-5-6-31-11-13(27)10-28)25-19(20-24-4-7-32-20)26-18(17)14-3-2-12(23)8-15(14)22/h2-4,7-8,13,18,28H,5-6,9-11H2,1H3,(H,25,26). The van der Waals surface area contributed by atoms with Crippen LogP contribution in [0, 0.1) is 5.82 Å². The summed E-state index contributed by atoms with van der Waals surface area (Å²) in [5.74, 6) is -0.427. The average Bonchev–Trinajstić information content (AvgIpc) is 3.33. The topological polar surface area (TPSA) is 96.3 Å². The highest BCUT2D eigenvalue weighted by Crippen LogP contribution is 2.37. The van der Waals surface area contributed by atoms with Crippen molar-refractivity contribution in [2.45, 2.75) is 12.1 Å². The summed E-state index contributed by atoms with van der Waals surface area (Å²) in [4.78, 5) is 24.1. The molecule has 1 saturated heterocycles. The first kappa shape index (κ1) is 23.0. The van der Waals surface area contributed by atoms with Crippen LogP contribution in [-0.2, 0) is 14.3 Å². The number of morpholine rings is 1. The Kier molecular flexibility index (Phi) is 7.31. The lowest BCUT2D eigenvalue weighted by molar-refractivity contribution is -0.136. The quantitative estimate of drug-likeness (QED) is 0.559. The fourth-order valence-electron chi connectivity index (χ4n) is 3.74. The number of halogens is 2. The third kappa shape index (κ3) is 4.76. The maximum Gasteiger partial charge on any atom is 0.338 e. The van der Waals surface area contributed by atoms with Crippen LogP contribution in [0.5, 0.6) is 0 Å². The first-order valence-corrected chi connectivity index (χ1v) is 11.6. The zero-order valence-electron chi connectivity index (χ0n) is 17.3. The van der Waals surface area contributed by atoms with Gasteiger partial charge in [-0.05, 0) is 17.7 Å². The second-order valence-electron chi connectivity index (χ2n) is 7.27. The van der Waals surface area contributed by atoms with Gasteiger partial charge in [0.15, 0.2) is 10.8 Å². The molecule has 2 atom stereocenters. The number of aliphatic hydroxyl groups is 1. The molecule has 0 saturated carbocycles. The zero-order chi connectivity index (χ0) is 22.7. The van der Waals surface area contributed by atoms with Crippen LogP contribution in [0.2, 0.25) is 0 Å². The van der Waals surface area contributed by atoms with Gasteiger partial charge in [0.2, 0.25) is 0 Å². The van der Waals surface area contributed by atoms with Gasteiger partial charge in [0, 0.05) is 34.8 Å². The molecule has 1 aromatic carbocycles. The summed E-state index contributed by atoms with van der Waals surface area (Å²) in [6.07, 6.45) is 1.68. The van der Waals surface area contributed by atoms with Crippen molar-refractivity contribution in [2.75, 3.05) is 40.0 Å². The molecule has 0 spiro atoms. The second kappa shape index (κ2) is 10.2. The third-order valence-electron chi connectivity index (χ3n) is 5.34. The summed E-state index contributed by atoms with van der Waals surface area (Å²) in [6, 6.07) is 3.34. The Hall–Kier alpha value is -2.18. The Morgan fingerprint density at radius 2 is 2.34 bits per heavy atom. The molecule has 0 aliphatic carbocycles. The summed E-state index contributed by atoms with van der Waals surface area (Å²) in [7, 11) is 1.31. The number of thiazole rings is 1. The van der Waals surface area contributed by atoms with E-state index in [0.717, 1.165) is 0 Å².